The molecule has 6 heteroatoms. The topological polar surface area (TPSA) is 82.3 Å². The van der Waals surface area contributed by atoms with Crippen LogP contribution in [0.5, 0.6) is 5.88 Å². The first-order chi connectivity index (χ1) is 9.35. The first kappa shape index (κ1) is 14.0. The molecule has 0 amide bonds. The molecule has 1 saturated heterocycles. The van der Waals surface area contributed by atoms with Crippen molar-refractivity contribution in [3.05, 3.63) is 11.9 Å². The first-order valence-electron chi connectivity index (χ1n) is 6.90. The molecule has 1 aliphatic heterocycles. The molecule has 1 aromatic heterocycles. The molecule has 6 nitrogen and oxygen atoms in total. The second-order valence-electron chi connectivity index (χ2n) is 4.70. The van der Waals surface area contributed by atoms with Crippen LogP contribution >= 0.6 is 0 Å². The summed E-state index contributed by atoms with van der Waals surface area (Å²) in [6.45, 7) is 3.47. The lowest BCUT2D eigenvalue weighted by molar-refractivity contribution is -0.0121. The van der Waals surface area contributed by atoms with Crippen LogP contribution in [0.3, 0.4) is 0 Å². The second kappa shape index (κ2) is 7.25. The zero-order valence-corrected chi connectivity index (χ0v) is 11.4. The average Bonchev–Trinajstić information content (AvgIpc) is 2.47. The molecule has 106 valence electrons. The smallest absolute Gasteiger partial charge is 0.221 e. The van der Waals surface area contributed by atoms with Gasteiger partial charge in [-0.1, -0.05) is 13.3 Å². The highest BCUT2D eigenvalue weighted by Crippen LogP contribution is 2.24. The minimum Gasteiger partial charge on any atom is -0.475 e. The maximum absolute atomic E-state index is 5.80. The van der Waals surface area contributed by atoms with E-state index in [1.54, 1.807) is 0 Å². The molecule has 3 N–H and O–H groups in total. The predicted octanol–water partition coefficient (Wildman–Crippen LogP) is 1.66. The summed E-state index contributed by atoms with van der Waals surface area (Å²) in [7, 11) is 0. The Morgan fingerprint density at radius 1 is 1.47 bits per heavy atom. The van der Waals surface area contributed by atoms with E-state index in [0.29, 0.717) is 18.3 Å². The molecule has 0 spiro atoms. The minimum absolute atomic E-state index is 0.174. The van der Waals surface area contributed by atoms with E-state index in [9.17, 15) is 0 Å². The highest BCUT2D eigenvalue weighted by atomic mass is 16.5. The number of hydrogen-bond acceptors (Lipinski definition) is 6. The Labute approximate surface area is 113 Å². The maximum Gasteiger partial charge on any atom is 0.221 e. The number of nitrogens with one attached hydrogen (secondary N) is 1. The van der Waals surface area contributed by atoms with Crippen LogP contribution in [-0.4, -0.2) is 29.3 Å². The summed E-state index contributed by atoms with van der Waals surface area (Å²) in [6.07, 6.45) is 6.86. The molecule has 1 atom stereocenters. The van der Waals surface area contributed by atoms with Crippen molar-refractivity contribution >= 4 is 5.82 Å². The molecular formula is C13H22N4O2. The third kappa shape index (κ3) is 3.78. The number of nitrogens with zero attached hydrogens (tertiary/aromatic N) is 2. The van der Waals surface area contributed by atoms with Crippen LogP contribution in [0.2, 0.25) is 0 Å². The van der Waals surface area contributed by atoms with Gasteiger partial charge >= 0.3 is 0 Å². The quantitative estimate of drug-likeness (QED) is 0.602. The van der Waals surface area contributed by atoms with Crippen LogP contribution < -0.4 is 16.0 Å². The fourth-order valence-electron chi connectivity index (χ4n) is 2.23. The molecule has 0 aromatic carbocycles. The Morgan fingerprint density at radius 3 is 3.05 bits per heavy atom. The van der Waals surface area contributed by atoms with E-state index in [1.807, 2.05) is 0 Å². The zero-order chi connectivity index (χ0) is 13.5. The summed E-state index contributed by atoms with van der Waals surface area (Å²) in [5.41, 5.74) is 3.53. The number of rotatable bonds is 6. The van der Waals surface area contributed by atoms with Gasteiger partial charge in [0.1, 0.15) is 18.8 Å². The molecule has 0 bridgehead atoms. The lowest BCUT2D eigenvalue weighted by Gasteiger charge is -2.23. The van der Waals surface area contributed by atoms with Crippen molar-refractivity contribution in [1.29, 1.82) is 0 Å². The van der Waals surface area contributed by atoms with Gasteiger partial charge in [0.05, 0.1) is 11.7 Å². The van der Waals surface area contributed by atoms with Crippen molar-refractivity contribution in [3.63, 3.8) is 0 Å². The summed E-state index contributed by atoms with van der Waals surface area (Å²) in [5.74, 6) is 6.71. The first-order valence-corrected chi connectivity index (χ1v) is 6.90. The molecule has 1 aliphatic rings. The van der Waals surface area contributed by atoms with Gasteiger partial charge in [-0.3, -0.25) is 0 Å². The summed E-state index contributed by atoms with van der Waals surface area (Å²) in [5, 5.41) is 0. The van der Waals surface area contributed by atoms with Gasteiger partial charge in [-0.05, 0) is 25.7 Å². The standard InChI is InChI=1S/C13H22N4O2/c1-2-5-11-12(17-14)15-9-16-13(11)19-8-10-6-3-4-7-18-10/h9-10H,2-8,14H2,1H3,(H,15,16,17). The van der Waals surface area contributed by atoms with E-state index in [0.717, 1.165) is 37.9 Å². The van der Waals surface area contributed by atoms with Crippen molar-refractivity contribution in [2.45, 2.75) is 45.1 Å². The van der Waals surface area contributed by atoms with E-state index in [2.05, 4.69) is 22.3 Å². The van der Waals surface area contributed by atoms with E-state index in [-0.39, 0.29) is 6.10 Å². The van der Waals surface area contributed by atoms with Crippen molar-refractivity contribution in [1.82, 2.24) is 9.97 Å². The number of anilines is 1. The molecule has 1 aromatic rings. The lowest BCUT2D eigenvalue weighted by Crippen LogP contribution is -2.26. The van der Waals surface area contributed by atoms with Gasteiger partial charge in [0.2, 0.25) is 5.88 Å². The number of aromatic nitrogens is 2. The molecular weight excluding hydrogens is 244 g/mol. The van der Waals surface area contributed by atoms with E-state index in [4.69, 9.17) is 15.3 Å². The van der Waals surface area contributed by atoms with Gasteiger partial charge < -0.3 is 14.9 Å². The predicted molar refractivity (Wildman–Crippen MR) is 72.9 cm³/mol. The largest absolute Gasteiger partial charge is 0.475 e. The molecule has 1 unspecified atom stereocenters. The van der Waals surface area contributed by atoms with E-state index >= 15 is 0 Å². The van der Waals surface area contributed by atoms with Crippen molar-refractivity contribution in [2.24, 2.45) is 5.84 Å². The molecule has 19 heavy (non-hydrogen) atoms. The van der Waals surface area contributed by atoms with Crippen LogP contribution in [-0.2, 0) is 11.2 Å². The Morgan fingerprint density at radius 2 is 2.37 bits per heavy atom. The van der Waals surface area contributed by atoms with E-state index < -0.39 is 0 Å². The second-order valence-corrected chi connectivity index (χ2v) is 4.70. The monoisotopic (exact) mass is 266 g/mol. The zero-order valence-electron chi connectivity index (χ0n) is 11.4. The van der Waals surface area contributed by atoms with Crippen LogP contribution in [0.4, 0.5) is 5.82 Å². The van der Waals surface area contributed by atoms with Crippen LogP contribution in [0.25, 0.3) is 0 Å². The Bertz CT molecular complexity index is 394. The Balaban J connectivity index is 2.01. The van der Waals surface area contributed by atoms with Crippen LogP contribution in [0.1, 0.15) is 38.2 Å². The summed E-state index contributed by atoms with van der Waals surface area (Å²) >= 11 is 0. The molecule has 1 fully saturated rings. The number of hydrazine groups is 1. The molecule has 0 saturated carbocycles. The Hall–Kier alpha value is -1.40. The van der Waals surface area contributed by atoms with E-state index in [1.165, 1.54) is 12.7 Å². The SMILES string of the molecule is CCCc1c(NN)ncnc1OCC1CCCCO1. The number of nitrogen functional groups attached to an aromatic ring is 1. The third-order valence-electron chi connectivity index (χ3n) is 3.22. The summed E-state index contributed by atoms with van der Waals surface area (Å²) < 4.78 is 11.4. The van der Waals surface area contributed by atoms with Gasteiger partial charge in [0.15, 0.2) is 0 Å². The molecule has 0 aliphatic carbocycles. The summed E-state index contributed by atoms with van der Waals surface area (Å²) in [6, 6.07) is 0. The number of ether oxygens (including phenoxy) is 2. The minimum atomic E-state index is 0.174. The fraction of sp³-hybridized carbons (Fsp3) is 0.692. The van der Waals surface area contributed by atoms with Crippen molar-refractivity contribution in [3.8, 4) is 5.88 Å². The molecule has 2 rings (SSSR count). The third-order valence-corrected chi connectivity index (χ3v) is 3.22. The van der Waals surface area contributed by atoms with Crippen molar-refractivity contribution < 1.29 is 9.47 Å². The van der Waals surface area contributed by atoms with Gasteiger partial charge in [0.25, 0.3) is 0 Å². The lowest BCUT2D eigenvalue weighted by atomic mass is 10.1. The normalized spacial score (nSPS) is 19.2. The molecule has 0 radical (unpaired) electrons. The highest BCUT2D eigenvalue weighted by Gasteiger charge is 2.17. The highest BCUT2D eigenvalue weighted by molar-refractivity contribution is 5.47. The van der Waals surface area contributed by atoms with Gasteiger partial charge in [-0.15, -0.1) is 0 Å². The summed E-state index contributed by atoms with van der Waals surface area (Å²) in [4.78, 5) is 8.32. The Kier molecular flexibility index (Phi) is 5.35. The number of hydrogen-bond donors (Lipinski definition) is 2. The van der Waals surface area contributed by atoms with Gasteiger partial charge in [0, 0.05) is 6.61 Å². The average molecular weight is 266 g/mol. The van der Waals surface area contributed by atoms with Crippen LogP contribution in [0.15, 0.2) is 6.33 Å². The van der Waals surface area contributed by atoms with Crippen LogP contribution in [0, 0.1) is 0 Å². The number of nitrogens with two attached hydrogens (primary N) is 1. The van der Waals surface area contributed by atoms with Gasteiger partial charge in [-0.2, -0.15) is 0 Å². The van der Waals surface area contributed by atoms with Crippen molar-refractivity contribution in [2.75, 3.05) is 18.6 Å². The van der Waals surface area contributed by atoms with Gasteiger partial charge in [-0.25, -0.2) is 15.8 Å². The molecule has 2 heterocycles. The maximum atomic E-state index is 5.80. The fourth-order valence-corrected chi connectivity index (χ4v) is 2.23.